The SMILES string of the molecule is [Ir].[Ir].[Ir].[c-]1ccc(-n2c3ccccc3c3ccccc32)cc1-c1ccccn1.[c-]1ccc(-n2c3ccccc3c3ccccc32)cc1-c1ccccn1.[c-]1ccc(-n2c3ccccc3c3ccccc32)cc1-c1ccccn1. The Labute approximate surface area is 492 Å². The van der Waals surface area contributed by atoms with Gasteiger partial charge in [-0.3, -0.25) is 0 Å². The summed E-state index contributed by atoms with van der Waals surface area (Å²) in [5.74, 6) is 0. The summed E-state index contributed by atoms with van der Waals surface area (Å²) >= 11 is 0. The average Bonchev–Trinajstić information content (AvgIpc) is 4.21. The number of nitrogens with zero attached hydrogens (tertiary/aromatic N) is 6. The average molecular weight is 1530 g/mol. The standard InChI is InChI=1S/3C23H15N2.3Ir/c3*1-3-13-22-19(10-1)20-11-2-4-14-23(20)25(22)18-9-7-8-17(16-18)21-12-5-6-15-24-21;;;/h3*1-7,9-16H;;;/q3*-1;;;. The van der Waals surface area contributed by atoms with Gasteiger partial charge in [0.1, 0.15) is 0 Å². The van der Waals surface area contributed by atoms with Crippen LogP contribution in [0, 0.1) is 18.2 Å². The van der Waals surface area contributed by atoms with Crippen molar-refractivity contribution in [3.63, 3.8) is 0 Å². The van der Waals surface area contributed by atoms with Crippen LogP contribution in [0.25, 0.3) is 116 Å². The first kappa shape index (κ1) is 53.2. The summed E-state index contributed by atoms with van der Waals surface area (Å²) in [5.41, 5.74) is 16.4. The van der Waals surface area contributed by atoms with Gasteiger partial charge in [0, 0.05) is 111 Å². The Balaban J connectivity index is 0.000000130. The van der Waals surface area contributed by atoms with Crippen LogP contribution in [-0.4, -0.2) is 28.7 Å². The molecule has 3 radical (unpaired) electrons. The largest absolute Gasteiger partial charge is 0.327 e. The normalized spacial score (nSPS) is 10.8. The van der Waals surface area contributed by atoms with Gasteiger partial charge in [0.25, 0.3) is 0 Å². The third-order valence-electron chi connectivity index (χ3n) is 13.7. The number of pyridine rings is 3. The van der Waals surface area contributed by atoms with E-state index in [-0.39, 0.29) is 60.3 Å². The molecule has 0 spiro atoms. The Morgan fingerprint density at radius 1 is 0.244 bits per heavy atom. The van der Waals surface area contributed by atoms with Crippen molar-refractivity contribution in [2.45, 2.75) is 0 Å². The van der Waals surface area contributed by atoms with E-state index in [0.717, 1.165) is 50.8 Å². The van der Waals surface area contributed by atoms with Gasteiger partial charge in [-0.15, -0.1) is 89.5 Å². The third kappa shape index (κ3) is 10.2. The molecule has 0 bridgehead atoms. The first-order valence-electron chi connectivity index (χ1n) is 25.0. The molecule has 0 aliphatic rings. The molecular formula is C69H45Ir3N6-3. The molecule has 15 aromatic rings. The first-order chi connectivity index (χ1) is 37.2. The van der Waals surface area contributed by atoms with E-state index < -0.39 is 0 Å². The quantitative estimate of drug-likeness (QED) is 0.156. The molecule has 0 aliphatic carbocycles. The second-order valence-corrected chi connectivity index (χ2v) is 18.1. The zero-order valence-electron chi connectivity index (χ0n) is 41.7. The fourth-order valence-electron chi connectivity index (χ4n) is 10.4. The molecule has 0 saturated carbocycles. The fraction of sp³-hybridized carbons (Fsp3) is 0. The maximum absolute atomic E-state index is 4.46. The Bertz CT molecular complexity index is 3880. The summed E-state index contributed by atoms with van der Waals surface area (Å²) in [5, 5.41) is 7.61. The van der Waals surface area contributed by atoms with Crippen LogP contribution in [0.1, 0.15) is 0 Å². The fourth-order valence-corrected chi connectivity index (χ4v) is 10.4. The van der Waals surface area contributed by atoms with Crippen LogP contribution >= 0.6 is 0 Å². The van der Waals surface area contributed by atoms with Crippen molar-refractivity contribution in [3.05, 3.63) is 292 Å². The van der Waals surface area contributed by atoms with E-state index in [1.54, 1.807) is 0 Å². The predicted molar refractivity (Wildman–Crippen MR) is 309 cm³/mol. The van der Waals surface area contributed by atoms with Crippen LogP contribution in [0.5, 0.6) is 0 Å². The second kappa shape index (κ2) is 24.0. The molecule has 0 N–H and O–H groups in total. The maximum Gasteiger partial charge on any atom is 0.0523 e. The predicted octanol–water partition coefficient (Wildman–Crippen LogP) is 16.9. The summed E-state index contributed by atoms with van der Waals surface area (Å²) in [7, 11) is 0. The molecule has 15 rings (SSSR count). The van der Waals surface area contributed by atoms with Crippen LogP contribution in [0.4, 0.5) is 0 Å². The molecule has 9 heteroatoms. The van der Waals surface area contributed by atoms with Gasteiger partial charge in [-0.2, -0.15) is 0 Å². The minimum atomic E-state index is 0. The van der Waals surface area contributed by atoms with Gasteiger partial charge in [0.15, 0.2) is 0 Å². The second-order valence-electron chi connectivity index (χ2n) is 18.1. The Morgan fingerprint density at radius 3 is 0.679 bits per heavy atom. The molecule has 0 aliphatic heterocycles. The molecule has 9 aromatic carbocycles. The number of benzene rings is 9. The first-order valence-corrected chi connectivity index (χ1v) is 25.0. The van der Waals surface area contributed by atoms with Gasteiger partial charge >= 0.3 is 0 Å². The molecule has 381 valence electrons. The van der Waals surface area contributed by atoms with E-state index in [1.807, 2.05) is 91.4 Å². The summed E-state index contributed by atoms with van der Waals surface area (Å²) in [6.45, 7) is 0. The smallest absolute Gasteiger partial charge is 0.0523 e. The Hall–Kier alpha value is -8.22. The van der Waals surface area contributed by atoms with Crippen LogP contribution in [-0.2, 0) is 60.3 Å². The number of aromatic nitrogens is 6. The van der Waals surface area contributed by atoms with Crippen molar-refractivity contribution >= 4 is 65.4 Å². The molecule has 6 aromatic heterocycles. The summed E-state index contributed by atoms with van der Waals surface area (Å²) < 4.78 is 6.93. The zero-order chi connectivity index (χ0) is 49.9. The third-order valence-corrected chi connectivity index (χ3v) is 13.7. The van der Waals surface area contributed by atoms with E-state index in [4.69, 9.17) is 0 Å². The minimum Gasteiger partial charge on any atom is -0.327 e. The molecule has 0 saturated heterocycles. The number of para-hydroxylation sites is 6. The topological polar surface area (TPSA) is 53.5 Å². The molecule has 0 fully saturated rings. The number of hydrogen-bond donors (Lipinski definition) is 0. The summed E-state index contributed by atoms with van der Waals surface area (Å²) in [6.07, 6.45) is 5.45. The van der Waals surface area contributed by atoms with Crippen molar-refractivity contribution in [3.8, 4) is 50.8 Å². The van der Waals surface area contributed by atoms with E-state index in [0.29, 0.717) is 0 Å². The summed E-state index contributed by atoms with van der Waals surface area (Å²) in [4.78, 5) is 13.4. The van der Waals surface area contributed by atoms with Gasteiger partial charge in [-0.25, -0.2) is 0 Å². The van der Waals surface area contributed by atoms with Gasteiger partial charge in [-0.05, 0) is 88.7 Å². The van der Waals surface area contributed by atoms with Crippen molar-refractivity contribution < 1.29 is 60.3 Å². The van der Waals surface area contributed by atoms with Crippen LogP contribution in [0.2, 0.25) is 0 Å². The zero-order valence-corrected chi connectivity index (χ0v) is 48.8. The van der Waals surface area contributed by atoms with Gasteiger partial charge in [0.05, 0.1) is 33.1 Å². The van der Waals surface area contributed by atoms with Crippen molar-refractivity contribution in [1.82, 2.24) is 28.7 Å². The van der Waals surface area contributed by atoms with E-state index >= 15 is 0 Å². The summed E-state index contributed by atoms with van der Waals surface area (Å²) in [6, 6.07) is 97.7. The molecule has 0 amide bonds. The van der Waals surface area contributed by atoms with Gasteiger partial charge in [-0.1, -0.05) is 146 Å². The van der Waals surface area contributed by atoms with Gasteiger partial charge in [0.2, 0.25) is 0 Å². The monoisotopic (exact) mass is 1540 g/mol. The van der Waals surface area contributed by atoms with Crippen LogP contribution in [0.3, 0.4) is 0 Å². The van der Waals surface area contributed by atoms with E-state index in [9.17, 15) is 0 Å². The van der Waals surface area contributed by atoms with E-state index in [2.05, 4.69) is 229 Å². The number of hydrogen-bond acceptors (Lipinski definition) is 3. The minimum absolute atomic E-state index is 0. The van der Waals surface area contributed by atoms with Crippen LogP contribution < -0.4 is 0 Å². The maximum atomic E-state index is 4.46. The number of rotatable bonds is 6. The molecule has 6 nitrogen and oxygen atoms in total. The van der Waals surface area contributed by atoms with Crippen molar-refractivity contribution in [1.29, 1.82) is 0 Å². The molecular weight excluding hydrogens is 1490 g/mol. The Morgan fingerprint density at radius 2 is 0.462 bits per heavy atom. The van der Waals surface area contributed by atoms with Crippen molar-refractivity contribution in [2.75, 3.05) is 0 Å². The molecule has 78 heavy (non-hydrogen) atoms. The van der Waals surface area contributed by atoms with Gasteiger partial charge < -0.3 is 28.7 Å². The number of fused-ring (bicyclic) bond motifs is 9. The molecule has 6 heterocycles. The van der Waals surface area contributed by atoms with E-state index in [1.165, 1.54) is 65.4 Å². The van der Waals surface area contributed by atoms with Crippen molar-refractivity contribution in [2.24, 2.45) is 0 Å². The molecule has 0 unspecified atom stereocenters. The molecule has 0 atom stereocenters. The van der Waals surface area contributed by atoms with Crippen LogP contribution in [0.15, 0.2) is 273 Å². The Kier molecular flexibility index (Phi) is 16.4.